The summed E-state index contributed by atoms with van der Waals surface area (Å²) >= 11 is 0. The van der Waals surface area contributed by atoms with Crippen LogP contribution in [0.25, 0.3) is 10.9 Å². The van der Waals surface area contributed by atoms with Crippen molar-refractivity contribution < 1.29 is 9.18 Å². The summed E-state index contributed by atoms with van der Waals surface area (Å²) in [6.45, 7) is 0. The second-order valence-electron chi connectivity index (χ2n) is 2.90. The number of fused-ring (bicyclic) bond motifs is 1. The van der Waals surface area contributed by atoms with Crippen LogP contribution in [0.4, 0.5) is 4.39 Å². The maximum Gasteiger partial charge on any atom is 0.248 e. The number of hydrogen-bond donors (Lipinski definition) is 1. The van der Waals surface area contributed by atoms with Crippen molar-refractivity contribution in [3.05, 3.63) is 41.8 Å². The van der Waals surface area contributed by atoms with E-state index in [2.05, 4.69) is 4.98 Å². The second-order valence-corrected chi connectivity index (χ2v) is 2.90. The van der Waals surface area contributed by atoms with Gasteiger partial charge in [0, 0.05) is 17.1 Å². The number of carbonyl (C=O) groups excluding carboxylic acids is 1. The molecule has 0 aliphatic rings. The van der Waals surface area contributed by atoms with Crippen molar-refractivity contribution in [1.29, 1.82) is 0 Å². The molecule has 0 bridgehead atoms. The van der Waals surface area contributed by atoms with E-state index in [1.165, 1.54) is 12.3 Å². The lowest BCUT2D eigenvalue weighted by Gasteiger charge is -2.00. The lowest BCUT2D eigenvalue weighted by molar-refractivity contribution is 0.1000. The van der Waals surface area contributed by atoms with Crippen LogP contribution < -0.4 is 5.73 Å². The van der Waals surface area contributed by atoms with Gasteiger partial charge in [-0.2, -0.15) is 0 Å². The minimum atomic E-state index is -0.644. The van der Waals surface area contributed by atoms with Crippen LogP contribution in [-0.2, 0) is 0 Å². The lowest BCUT2D eigenvalue weighted by Crippen LogP contribution is -2.11. The molecule has 1 aromatic heterocycles. The van der Waals surface area contributed by atoms with Crippen LogP contribution in [-0.4, -0.2) is 10.9 Å². The number of primary amides is 1. The highest BCUT2D eigenvalue weighted by Crippen LogP contribution is 2.17. The van der Waals surface area contributed by atoms with Gasteiger partial charge in [-0.05, 0) is 18.2 Å². The maximum atomic E-state index is 13.3. The van der Waals surface area contributed by atoms with Crippen molar-refractivity contribution in [2.24, 2.45) is 5.73 Å². The minimum absolute atomic E-state index is 0.156. The van der Waals surface area contributed by atoms with Gasteiger partial charge in [0.05, 0.1) is 0 Å². The van der Waals surface area contributed by atoms with Crippen LogP contribution in [0.15, 0.2) is 30.5 Å². The summed E-state index contributed by atoms with van der Waals surface area (Å²) in [5.41, 5.74) is 5.45. The zero-order valence-electron chi connectivity index (χ0n) is 7.20. The molecule has 3 nitrogen and oxygen atoms in total. The molecular weight excluding hydrogens is 183 g/mol. The molecule has 1 amide bonds. The fourth-order valence-corrected chi connectivity index (χ4v) is 1.29. The fraction of sp³-hybridized carbons (Fsp3) is 0. The molecule has 1 heterocycles. The minimum Gasteiger partial charge on any atom is -0.366 e. The summed E-state index contributed by atoms with van der Waals surface area (Å²) in [4.78, 5) is 14.7. The Morgan fingerprint density at radius 1 is 1.43 bits per heavy atom. The first-order valence-corrected chi connectivity index (χ1v) is 4.02. The topological polar surface area (TPSA) is 56.0 Å². The van der Waals surface area contributed by atoms with Crippen molar-refractivity contribution >= 4 is 16.8 Å². The number of carbonyl (C=O) groups is 1. The highest BCUT2D eigenvalue weighted by molar-refractivity contribution is 5.96. The van der Waals surface area contributed by atoms with Gasteiger partial charge in [0.15, 0.2) is 0 Å². The molecular formula is C10H7FN2O. The van der Waals surface area contributed by atoms with E-state index in [0.717, 1.165) is 6.07 Å². The molecule has 0 aliphatic carbocycles. The predicted octanol–water partition coefficient (Wildman–Crippen LogP) is 1.47. The Morgan fingerprint density at radius 3 is 2.93 bits per heavy atom. The molecule has 2 N–H and O–H groups in total. The Hall–Kier alpha value is -1.97. The van der Waals surface area contributed by atoms with Crippen LogP contribution in [0.1, 0.15) is 10.4 Å². The molecule has 4 heteroatoms. The molecule has 0 fully saturated rings. The van der Waals surface area contributed by atoms with E-state index in [0.29, 0.717) is 5.39 Å². The number of hydrogen-bond acceptors (Lipinski definition) is 2. The van der Waals surface area contributed by atoms with Gasteiger partial charge < -0.3 is 5.73 Å². The summed E-state index contributed by atoms with van der Waals surface area (Å²) in [6, 6.07) is 5.97. The molecule has 0 saturated heterocycles. The van der Waals surface area contributed by atoms with E-state index < -0.39 is 11.7 Å². The van der Waals surface area contributed by atoms with Crippen molar-refractivity contribution in [2.45, 2.75) is 0 Å². The predicted molar refractivity (Wildman–Crippen MR) is 50.2 cm³/mol. The van der Waals surface area contributed by atoms with Gasteiger partial charge in [-0.1, -0.05) is 6.07 Å². The van der Waals surface area contributed by atoms with Gasteiger partial charge >= 0.3 is 0 Å². The highest BCUT2D eigenvalue weighted by Gasteiger charge is 2.07. The molecule has 1 aromatic carbocycles. The standard InChI is InChI=1S/C10H7FN2O/c11-8-5-7(10(12)14)4-6-2-1-3-13-9(6)8/h1-5H,(H2,12,14). The van der Waals surface area contributed by atoms with Crippen molar-refractivity contribution in [3.63, 3.8) is 0 Å². The normalized spacial score (nSPS) is 10.4. The Morgan fingerprint density at radius 2 is 2.21 bits per heavy atom. The first-order valence-electron chi connectivity index (χ1n) is 4.02. The van der Waals surface area contributed by atoms with Gasteiger partial charge in [-0.15, -0.1) is 0 Å². The SMILES string of the molecule is NC(=O)c1cc(F)c2ncccc2c1. The fourth-order valence-electron chi connectivity index (χ4n) is 1.29. The summed E-state index contributed by atoms with van der Waals surface area (Å²) in [6.07, 6.45) is 1.50. The average molecular weight is 190 g/mol. The first-order chi connectivity index (χ1) is 6.68. The Bertz CT molecular complexity index is 510. The number of amides is 1. The van der Waals surface area contributed by atoms with Crippen molar-refractivity contribution in [3.8, 4) is 0 Å². The number of halogens is 1. The van der Waals surface area contributed by atoms with Gasteiger partial charge in [-0.25, -0.2) is 4.39 Å². The van der Waals surface area contributed by atoms with Crippen LogP contribution in [0.5, 0.6) is 0 Å². The van der Waals surface area contributed by atoms with Crippen LogP contribution in [0, 0.1) is 5.82 Å². The molecule has 14 heavy (non-hydrogen) atoms. The number of nitrogens with two attached hydrogens (primary N) is 1. The number of nitrogens with zero attached hydrogens (tertiary/aromatic N) is 1. The number of rotatable bonds is 1. The molecule has 0 spiro atoms. The molecule has 2 aromatic rings. The van der Waals surface area contributed by atoms with Gasteiger partial charge in [0.1, 0.15) is 11.3 Å². The number of benzene rings is 1. The number of pyridine rings is 1. The molecule has 0 aliphatic heterocycles. The third-order valence-electron chi connectivity index (χ3n) is 1.94. The van der Waals surface area contributed by atoms with Crippen molar-refractivity contribution in [2.75, 3.05) is 0 Å². The Labute approximate surface area is 79.4 Å². The Kier molecular flexibility index (Phi) is 1.89. The van der Waals surface area contributed by atoms with Crippen LogP contribution >= 0.6 is 0 Å². The third-order valence-corrected chi connectivity index (χ3v) is 1.94. The summed E-state index contributed by atoms with van der Waals surface area (Å²) in [5.74, 6) is -1.17. The molecule has 0 saturated carbocycles. The van der Waals surface area contributed by atoms with Crippen LogP contribution in [0.3, 0.4) is 0 Å². The molecule has 0 radical (unpaired) electrons. The smallest absolute Gasteiger partial charge is 0.248 e. The summed E-state index contributed by atoms with van der Waals surface area (Å²) in [5, 5.41) is 0.571. The zero-order valence-corrected chi connectivity index (χ0v) is 7.20. The van der Waals surface area contributed by atoms with Gasteiger partial charge in [0.25, 0.3) is 0 Å². The summed E-state index contributed by atoms with van der Waals surface area (Å²) < 4.78 is 13.3. The van der Waals surface area contributed by atoms with E-state index in [1.807, 2.05) is 0 Å². The number of aromatic nitrogens is 1. The van der Waals surface area contributed by atoms with E-state index in [9.17, 15) is 9.18 Å². The lowest BCUT2D eigenvalue weighted by atomic mass is 10.1. The average Bonchev–Trinajstić information content (AvgIpc) is 2.17. The van der Waals surface area contributed by atoms with E-state index in [4.69, 9.17) is 5.73 Å². The molecule has 0 unspecified atom stereocenters. The quantitative estimate of drug-likeness (QED) is 0.740. The maximum absolute atomic E-state index is 13.3. The monoisotopic (exact) mass is 190 g/mol. The molecule has 70 valence electrons. The van der Waals surface area contributed by atoms with Gasteiger partial charge in [-0.3, -0.25) is 9.78 Å². The van der Waals surface area contributed by atoms with Crippen LogP contribution in [0.2, 0.25) is 0 Å². The van der Waals surface area contributed by atoms with Gasteiger partial charge in [0.2, 0.25) is 5.91 Å². The molecule has 0 atom stereocenters. The molecule has 2 rings (SSSR count). The van der Waals surface area contributed by atoms with E-state index in [1.54, 1.807) is 12.1 Å². The Balaban J connectivity index is 2.78. The first kappa shape index (κ1) is 8.62. The highest BCUT2D eigenvalue weighted by atomic mass is 19.1. The van der Waals surface area contributed by atoms with E-state index >= 15 is 0 Å². The van der Waals surface area contributed by atoms with E-state index in [-0.39, 0.29) is 11.1 Å². The summed E-state index contributed by atoms with van der Waals surface area (Å²) in [7, 11) is 0. The zero-order chi connectivity index (χ0) is 10.1. The largest absolute Gasteiger partial charge is 0.366 e. The van der Waals surface area contributed by atoms with Crippen molar-refractivity contribution in [1.82, 2.24) is 4.98 Å². The third kappa shape index (κ3) is 1.31. The second kappa shape index (κ2) is 3.06.